The number of fused-ring (bicyclic) bond motifs is 1. The first-order chi connectivity index (χ1) is 7.92. The van der Waals surface area contributed by atoms with E-state index in [0.717, 1.165) is 25.0 Å². The molecule has 2 fully saturated rings. The molecular weight excluding hydrogens is 196 g/mol. The van der Waals surface area contributed by atoms with Gasteiger partial charge in [-0.25, -0.2) is 0 Å². The Kier molecular flexibility index (Phi) is 4.86. The van der Waals surface area contributed by atoms with E-state index in [2.05, 4.69) is 16.8 Å². The van der Waals surface area contributed by atoms with Gasteiger partial charge in [-0.2, -0.15) is 0 Å². The summed E-state index contributed by atoms with van der Waals surface area (Å²) in [5, 5.41) is 3.42. The second-order valence-corrected chi connectivity index (χ2v) is 5.28. The Balaban J connectivity index is 1.76. The summed E-state index contributed by atoms with van der Waals surface area (Å²) in [5.41, 5.74) is 0. The molecule has 1 saturated carbocycles. The molecule has 0 amide bonds. The van der Waals surface area contributed by atoms with Gasteiger partial charge in [-0.1, -0.05) is 18.9 Å². The summed E-state index contributed by atoms with van der Waals surface area (Å²) >= 11 is 0. The van der Waals surface area contributed by atoms with Gasteiger partial charge in [0.1, 0.15) is 0 Å². The quantitative estimate of drug-likeness (QED) is 0.568. The van der Waals surface area contributed by atoms with E-state index in [1.165, 1.54) is 51.6 Å². The van der Waals surface area contributed by atoms with Crippen molar-refractivity contribution < 1.29 is 0 Å². The monoisotopic (exact) mass is 222 g/mol. The van der Waals surface area contributed by atoms with Crippen molar-refractivity contribution in [3.8, 4) is 0 Å². The van der Waals surface area contributed by atoms with E-state index >= 15 is 0 Å². The number of hydrogen-bond acceptors (Lipinski definition) is 2. The van der Waals surface area contributed by atoms with Crippen LogP contribution in [-0.2, 0) is 0 Å². The molecule has 1 aliphatic carbocycles. The molecule has 0 unspecified atom stereocenters. The van der Waals surface area contributed by atoms with Crippen molar-refractivity contribution in [2.45, 2.75) is 44.6 Å². The first-order valence-corrected chi connectivity index (χ1v) is 6.97. The van der Waals surface area contributed by atoms with Gasteiger partial charge in [-0.3, -0.25) is 4.90 Å². The van der Waals surface area contributed by atoms with E-state index in [1.807, 2.05) is 6.08 Å². The van der Waals surface area contributed by atoms with Crippen LogP contribution in [-0.4, -0.2) is 37.1 Å². The third kappa shape index (κ3) is 3.08. The minimum absolute atomic E-state index is 0.910. The number of nitrogens with zero attached hydrogens (tertiary/aromatic N) is 1. The summed E-state index contributed by atoms with van der Waals surface area (Å²) < 4.78 is 0. The normalized spacial score (nSPS) is 31.0. The maximum absolute atomic E-state index is 3.73. The largest absolute Gasteiger partial charge is 0.312 e. The summed E-state index contributed by atoms with van der Waals surface area (Å²) in [6.07, 6.45) is 10.7. The van der Waals surface area contributed by atoms with E-state index in [9.17, 15) is 0 Å². The fraction of sp³-hybridized carbons (Fsp3) is 0.857. The van der Waals surface area contributed by atoms with Gasteiger partial charge >= 0.3 is 0 Å². The zero-order valence-corrected chi connectivity index (χ0v) is 10.5. The van der Waals surface area contributed by atoms with Crippen LogP contribution < -0.4 is 5.32 Å². The maximum atomic E-state index is 3.73. The van der Waals surface area contributed by atoms with E-state index in [0.29, 0.717) is 0 Å². The Morgan fingerprint density at radius 1 is 1.19 bits per heavy atom. The molecule has 2 aliphatic rings. The standard InChI is InChI=1S/C14H26N2/c1-2-9-15-10-12-16-11-5-7-13-6-3-4-8-14(13)16/h2,13-15H,1,3-12H2/t13-,14-/m1/s1. The third-order valence-corrected chi connectivity index (χ3v) is 4.22. The van der Waals surface area contributed by atoms with Crippen LogP contribution in [0, 0.1) is 5.92 Å². The Morgan fingerprint density at radius 2 is 2.00 bits per heavy atom. The molecule has 2 nitrogen and oxygen atoms in total. The molecule has 0 spiro atoms. The van der Waals surface area contributed by atoms with Crippen molar-refractivity contribution in [1.29, 1.82) is 0 Å². The topological polar surface area (TPSA) is 15.3 Å². The van der Waals surface area contributed by atoms with Gasteiger partial charge in [-0.15, -0.1) is 6.58 Å². The van der Waals surface area contributed by atoms with Gasteiger partial charge < -0.3 is 5.32 Å². The number of piperidine rings is 1. The lowest BCUT2D eigenvalue weighted by atomic mass is 9.78. The zero-order valence-electron chi connectivity index (χ0n) is 10.5. The SMILES string of the molecule is C=CCNCCN1CCC[C@H]2CCCC[C@H]21. The fourth-order valence-electron chi connectivity index (χ4n) is 3.43. The lowest BCUT2D eigenvalue weighted by Gasteiger charge is -2.44. The Hall–Kier alpha value is -0.340. The van der Waals surface area contributed by atoms with Crippen molar-refractivity contribution in [3.63, 3.8) is 0 Å². The van der Waals surface area contributed by atoms with Gasteiger partial charge in [0.2, 0.25) is 0 Å². The van der Waals surface area contributed by atoms with Crippen LogP contribution in [0.5, 0.6) is 0 Å². The van der Waals surface area contributed by atoms with Gasteiger partial charge in [0, 0.05) is 25.7 Å². The lowest BCUT2D eigenvalue weighted by Crippen LogP contribution is -2.48. The molecule has 0 radical (unpaired) electrons. The summed E-state index contributed by atoms with van der Waals surface area (Å²) in [4.78, 5) is 2.74. The van der Waals surface area contributed by atoms with E-state index < -0.39 is 0 Å². The van der Waals surface area contributed by atoms with E-state index in [-0.39, 0.29) is 0 Å². The van der Waals surface area contributed by atoms with Crippen LogP contribution in [0.2, 0.25) is 0 Å². The molecule has 2 atom stereocenters. The van der Waals surface area contributed by atoms with Crippen molar-refractivity contribution in [1.82, 2.24) is 10.2 Å². The molecule has 1 N–H and O–H groups in total. The average molecular weight is 222 g/mol. The van der Waals surface area contributed by atoms with Gasteiger partial charge in [-0.05, 0) is 38.1 Å². The highest BCUT2D eigenvalue weighted by atomic mass is 15.2. The Labute approximate surface area is 100 Å². The van der Waals surface area contributed by atoms with Crippen LogP contribution in [0.25, 0.3) is 0 Å². The third-order valence-electron chi connectivity index (χ3n) is 4.22. The predicted octanol–water partition coefficient (Wildman–Crippen LogP) is 2.42. The average Bonchev–Trinajstić information content (AvgIpc) is 2.35. The molecule has 92 valence electrons. The predicted molar refractivity (Wildman–Crippen MR) is 69.6 cm³/mol. The maximum Gasteiger partial charge on any atom is 0.0132 e. The van der Waals surface area contributed by atoms with Crippen molar-refractivity contribution >= 4 is 0 Å². The van der Waals surface area contributed by atoms with Crippen molar-refractivity contribution in [2.24, 2.45) is 5.92 Å². The fourth-order valence-corrected chi connectivity index (χ4v) is 3.43. The molecular formula is C14H26N2. The number of nitrogens with one attached hydrogen (secondary N) is 1. The molecule has 0 aromatic rings. The molecule has 1 saturated heterocycles. The summed E-state index contributed by atoms with van der Waals surface area (Å²) in [5.74, 6) is 1.02. The molecule has 0 aromatic heterocycles. The summed E-state index contributed by atoms with van der Waals surface area (Å²) in [6, 6.07) is 0.910. The smallest absolute Gasteiger partial charge is 0.0132 e. The van der Waals surface area contributed by atoms with Crippen LogP contribution in [0.4, 0.5) is 0 Å². The molecule has 2 heteroatoms. The Morgan fingerprint density at radius 3 is 2.88 bits per heavy atom. The highest BCUT2D eigenvalue weighted by Gasteiger charge is 2.32. The van der Waals surface area contributed by atoms with Crippen LogP contribution >= 0.6 is 0 Å². The van der Waals surface area contributed by atoms with E-state index in [4.69, 9.17) is 0 Å². The van der Waals surface area contributed by atoms with E-state index in [1.54, 1.807) is 0 Å². The van der Waals surface area contributed by atoms with Gasteiger partial charge in [0.15, 0.2) is 0 Å². The molecule has 0 bridgehead atoms. The first-order valence-electron chi connectivity index (χ1n) is 6.97. The molecule has 0 aromatic carbocycles. The summed E-state index contributed by atoms with van der Waals surface area (Å²) in [6.45, 7) is 8.36. The molecule has 1 aliphatic heterocycles. The van der Waals surface area contributed by atoms with Crippen LogP contribution in [0.1, 0.15) is 38.5 Å². The number of rotatable bonds is 5. The number of likely N-dealkylation sites (tertiary alicyclic amines) is 1. The minimum Gasteiger partial charge on any atom is -0.312 e. The molecule has 1 heterocycles. The highest BCUT2D eigenvalue weighted by molar-refractivity contribution is 4.87. The van der Waals surface area contributed by atoms with Crippen LogP contribution in [0.15, 0.2) is 12.7 Å². The van der Waals surface area contributed by atoms with Crippen molar-refractivity contribution in [2.75, 3.05) is 26.2 Å². The first kappa shape index (κ1) is 12.1. The molecule has 2 rings (SSSR count). The molecule has 16 heavy (non-hydrogen) atoms. The second-order valence-electron chi connectivity index (χ2n) is 5.28. The second kappa shape index (κ2) is 6.41. The van der Waals surface area contributed by atoms with Gasteiger partial charge in [0.25, 0.3) is 0 Å². The lowest BCUT2D eigenvalue weighted by molar-refractivity contribution is 0.0621. The van der Waals surface area contributed by atoms with Crippen LogP contribution in [0.3, 0.4) is 0 Å². The zero-order chi connectivity index (χ0) is 11.2. The highest BCUT2D eigenvalue weighted by Crippen LogP contribution is 2.34. The summed E-state index contributed by atoms with van der Waals surface area (Å²) in [7, 11) is 0. The number of hydrogen-bond donors (Lipinski definition) is 1. The minimum atomic E-state index is 0.910. The van der Waals surface area contributed by atoms with Crippen molar-refractivity contribution in [3.05, 3.63) is 12.7 Å². The van der Waals surface area contributed by atoms with Gasteiger partial charge in [0.05, 0.1) is 0 Å². The Bertz CT molecular complexity index is 213.